The number of halogens is 2. The van der Waals surface area contributed by atoms with E-state index in [2.05, 4.69) is 187 Å². The molecular formula is C78H112I2O11S3. The number of hydrogen-bond donors (Lipinski definition) is 0. The van der Waals surface area contributed by atoms with Gasteiger partial charge in [-0.2, -0.15) is 8.42 Å². The van der Waals surface area contributed by atoms with Gasteiger partial charge in [0.2, 0.25) is 0 Å². The molecule has 0 radical (unpaired) electrons. The SMILES string of the molecule is CC(C)(C)c1ccc([I+]c2ccc(C(C)(C)C)cc2)cc1.CC(C)(C)c1ccc([I+]c2ccc(C(C)(C)C)cc2)cc1.CC1(C)C2CCC1(CS(=O)(=O)[O-])C(=O)C2.CC1(C)C2CCC1(CS(=O)(=O)[O-])C(=O)C2.CCCCCCCCCCCCOS(=O)(=O)c1ccccc1. The van der Waals surface area contributed by atoms with Gasteiger partial charge in [0.15, 0.2) is 14.3 Å². The normalized spacial score (nSPS) is 20.6. The zero-order chi connectivity index (χ0) is 70.4. The second-order valence-corrected chi connectivity index (χ2v) is 42.2. The molecule has 11 nitrogen and oxygen atoms in total. The molecule has 5 aromatic rings. The highest BCUT2D eigenvalue weighted by Gasteiger charge is 2.65. The quantitative estimate of drug-likeness (QED) is 0.0294. The number of Topliss-reactive ketones (excluding diaryl/α,β-unsaturated/α-hetero) is 2. The lowest BCUT2D eigenvalue weighted by Gasteiger charge is -2.37. The first-order chi connectivity index (χ1) is 43.4. The first-order valence-electron chi connectivity index (χ1n) is 34.0. The lowest BCUT2D eigenvalue weighted by molar-refractivity contribution is -0.597. The monoisotopic (exact) mass is 1570 g/mol. The highest BCUT2D eigenvalue weighted by Crippen LogP contribution is 2.65. The summed E-state index contributed by atoms with van der Waals surface area (Å²) in [4.78, 5) is 23.9. The fourth-order valence-electron chi connectivity index (χ4n) is 13.5. The summed E-state index contributed by atoms with van der Waals surface area (Å²) in [7, 11) is -12.2. The van der Waals surface area contributed by atoms with Crippen LogP contribution in [-0.4, -0.2) is 64.0 Å². The molecule has 16 heteroatoms. The Kier molecular flexibility index (Phi) is 29.1. The molecule has 4 aliphatic rings. The molecule has 0 aliphatic heterocycles. The summed E-state index contributed by atoms with van der Waals surface area (Å²) in [5.41, 5.74) is 4.18. The van der Waals surface area contributed by atoms with Crippen molar-refractivity contribution in [3.8, 4) is 0 Å². The Labute approximate surface area is 589 Å². The summed E-state index contributed by atoms with van der Waals surface area (Å²) in [6.07, 6.45) is 16.0. The molecule has 4 saturated carbocycles. The predicted octanol–water partition coefficient (Wildman–Crippen LogP) is 12.0. The molecule has 0 aromatic heterocycles. The molecule has 94 heavy (non-hydrogen) atoms. The average molecular weight is 1580 g/mol. The van der Waals surface area contributed by atoms with E-state index in [-0.39, 0.29) is 110 Å². The first-order valence-corrected chi connectivity index (χ1v) is 42.8. The van der Waals surface area contributed by atoms with Crippen molar-refractivity contribution in [2.45, 2.75) is 247 Å². The van der Waals surface area contributed by atoms with E-state index < -0.39 is 52.7 Å². The Morgan fingerprint density at radius 2 is 0.702 bits per heavy atom. The molecule has 5 aromatic carbocycles. The van der Waals surface area contributed by atoms with Gasteiger partial charge in [-0.05, 0) is 159 Å². The molecule has 522 valence electrons. The minimum Gasteiger partial charge on any atom is -0.748 e. The fourth-order valence-corrected chi connectivity index (χ4v) is 21.4. The lowest BCUT2D eigenvalue weighted by Crippen LogP contribution is -3.61. The van der Waals surface area contributed by atoms with Gasteiger partial charge in [-0.25, -0.2) is 16.8 Å². The molecule has 0 N–H and O–H groups in total. The molecule has 9 rings (SSSR count). The van der Waals surface area contributed by atoms with Crippen LogP contribution < -0.4 is 42.4 Å². The van der Waals surface area contributed by atoms with Crippen LogP contribution in [0.1, 0.15) is 243 Å². The molecule has 0 heterocycles. The number of unbranched alkanes of at least 4 members (excludes halogenated alkanes) is 9. The number of ketones is 2. The third-order valence-electron chi connectivity index (χ3n) is 20.2. The average Bonchev–Trinajstić information content (AvgIpc) is 1.56. The minimum atomic E-state index is -4.33. The van der Waals surface area contributed by atoms with Crippen LogP contribution >= 0.6 is 0 Å². The second-order valence-electron chi connectivity index (χ2n) is 31.7. The highest BCUT2D eigenvalue weighted by molar-refractivity contribution is 7.87. The molecule has 4 fully saturated rings. The molecule has 4 unspecified atom stereocenters. The van der Waals surface area contributed by atoms with Crippen LogP contribution in [0, 0.1) is 47.8 Å². The number of carbonyl (C=O) groups excluding carboxylic acids is 2. The van der Waals surface area contributed by atoms with Crippen LogP contribution in [0.4, 0.5) is 0 Å². The Hall–Kier alpha value is -3.37. The number of carbonyl (C=O) groups is 2. The summed E-state index contributed by atoms with van der Waals surface area (Å²) in [6.45, 7) is 37.4. The number of benzene rings is 5. The van der Waals surface area contributed by atoms with E-state index in [1.54, 1.807) is 30.3 Å². The maximum atomic E-state index is 11.9. The van der Waals surface area contributed by atoms with Crippen molar-refractivity contribution < 1.29 is 90.5 Å². The Morgan fingerprint density at radius 3 is 0.936 bits per heavy atom. The van der Waals surface area contributed by atoms with Crippen LogP contribution in [0.25, 0.3) is 0 Å². The highest BCUT2D eigenvalue weighted by atomic mass is 127. The minimum absolute atomic E-state index is 0.0248. The van der Waals surface area contributed by atoms with Crippen LogP contribution in [0.2, 0.25) is 0 Å². The summed E-state index contributed by atoms with van der Waals surface area (Å²) in [6, 6.07) is 45.1. The van der Waals surface area contributed by atoms with Gasteiger partial charge in [0.25, 0.3) is 10.1 Å². The maximum Gasteiger partial charge on any atom is 0.357 e. The van der Waals surface area contributed by atoms with Gasteiger partial charge >= 0.3 is 42.4 Å². The Bertz CT molecular complexity index is 3250. The maximum absolute atomic E-state index is 11.9. The van der Waals surface area contributed by atoms with Crippen molar-refractivity contribution in [3.05, 3.63) is 164 Å². The van der Waals surface area contributed by atoms with Crippen molar-refractivity contribution in [2.75, 3.05) is 18.1 Å². The van der Waals surface area contributed by atoms with Gasteiger partial charge < -0.3 is 9.11 Å². The van der Waals surface area contributed by atoms with Crippen molar-refractivity contribution in [3.63, 3.8) is 0 Å². The zero-order valence-electron chi connectivity index (χ0n) is 59.7. The molecule has 4 bridgehead atoms. The van der Waals surface area contributed by atoms with Gasteiger partial charge in [0.05, 0.1) is 43.2 Å². The topological polar surface area (TPSA) is 192 Å². The predicted molar refractivity (Wildman–Crippen MR) is 373 cm³/mol. The standard InChI is InChI=1S/2C20H26I.C18H30O3S.2C10H16O4S/c2*1-19(2,3)15-7-11-17(12-8-15)21-18-13-9-16(10-14-18)20(4,5)6;1-2-3-4-5-6-7-8-9-10-14-17-21-22(19,20)18-15-12-11-13-16-18;2*1-9(2)7-3-4-10(9,8(11)5-7)6-15(12,13)14/h2*7-14H,1-6H3;11-13,15-16H,2-10,14,17H2,1H3;2*7H,3-6H2,1-2H3,(H,12,13,14)/q2*+1;;;/p-2. The number of rotatable bonds is 21. The zero-order valence-corrected chi connectivity index (χ0v) is 66.4. The Balaban J connectivity index is 0.000000215. The van der Waals surface area contributed by atoms with Gasteiger partial charge in [-0.1, -0.05) is 242 Å². The van der Waals surface area contributed by atoms with E-state index in [4.69, 9.17) is 4.18 Å². The third-order valence-corrected chi connectivity index (χ3v) is 28.6. The van der Waals surface area contributed by atoms with Crippen LogP contribution in [-0.2, 0) is 65.8 Å². The van der Waals surface area contributed by atoms with E-state index in [0.717, 1.165) is 25.7 Å². The van der Waals surface area contributed by atoms with Gasteiger partial charge in [0, 0.05) is 23.7 Å². The van der Waals surface area contributed by atoms with Crippen molar-refractivity contribution in [1.82, 2.24) is 0 Å². The van der Waals surface area contributed by atoms with E-state index in [1.165, 1.54) is 87.9 Å². The van der Waals surface area contributed by atoms with Gasteiger partial charge in [-0.15, -0.1) is 0 Å². The van der Waals surface area contributed by atoms with Gasteiger partial charge in [-0.3, -0.25) is 13.8 Å². The van der Waals surface area contributed by atoms with Crippen molar-refractivity contribution >= 4 is 41.9 Å². The largest absolute Gasteiger partial charge is 0.748 e. The van der Waals surface area contributed by atoms with Gasteiger partial charge in [0.1, 0.15) is 11.6 Å². The van der Waals surface area contributed by atoms with Crippen molar-refractivity contribution in [1.29, 1.82) is 0 Å². The summed E-state index contributed by atoms with van der Waals surface area (Å²) < 4.78 is 100. The molecule has 0 spiro atoms. The Morgan fingerprint density at radius 1 is 0.426 bits per heavy atom. The fraction of sp³-hybridized carbons (Fsp3) is 0.590. The molecule has 4 atom stereocenters. The molecule has 0 saturated heterocycles. The van der Waals surface area contributed by atoms with E-state index >= 15 is 0 Å². The third kappa shape index (κ3) is 23.4. The van der Waals surface area contributed by atoms with Crippen LogP contribution in [0.3, 0.4) is 0 Å². The van der Waals surface area contributed by atoms with Crippen LogP contribution in [0.15, 0.2) is 132 Å². The summed E-state index contributed by atoms with van der Waals surface area (Å²) in [5, 5.41) is 0. The summed E-state index contributed by atoms with van der Waals surface area (Å²) >= 11 is -0.141. The smallest absolute Gasteiger partial charge is 0.357 e. The van der Waals surface area contributed by atoms with E-state index in [1.807, 2.05) is 27.7 Å². The van der Waals surface area contributed by atoms with E-state index in [9.17, 15) is 43.9 Å². The van der Waals surface area contributed by atoms with Crippen LogP contribution in [0.5, 0.6) is 0 Å². The number of fused-ring (bicyclic) bond motifs is 4. The molecule has 4 aliphatic carbocycles. The van der Waals surface area contributed by atoms with Crippen molar-refractivity contribution in [2.24, 2.45) is 33.5 Å². The summed E-state index contributed by atoms with van der Waals surface area (Å²) in [5.74, 6) is -0.560. The second kappa shape index (κ2) is 33.7. The molecule has 0 amide bonds. The molecular weight excluding hydrogens is 1460 g/mol. The lowest BCUT2D eigenvalue weighted by atomic mass is 9.70. The number of hydrogen-bond acceptors (Lipinski definition) is 11. The first kappa shape index (κ1) is 81.3. The van der Waals surface area contributed by atoms with E-state index in [0.29, 0.717) is 25.7 Å².